The second-order valence-corrected chi connectivity index (χ2v) is 6.08. The van der Waals surface area contributed by atoms with Gasteiger partial charge in [-0.05, 0) is 37.0 Å². The fourth-order valence-electron chi connectivity index (χ4n) is 1.80. The van der Waals surface area contributed by atoms with Gasteiger partial charge in [0.15, 0.2) is 0 Å². The van der Waals surface area contributed by atoms with Gasteiger partial charge >= 0.3 is 6.03 Å². The van der Waals surface area contributed by atoms with Gasteiger partial charge in [-0.15, -0.1) is 0 Å². The Morgan fingerprint density at radius 2 is 1.77 bits per heavy atom. The molecule has 0 saturated heterocycles. The van der Waals surface area contributed by atoms with E-state index in [9.17, 15) is 9.59 Å². The number of carbonyl (C=O) groups is 2. The van der Waals surface area contributed by atoms with Gasteiger partial charge in [0.25, 0.3) is 0 Å². The summed E-state index contributed by atoms with van der Waals surface area (Å²) in [5.74, 6) is 0.153. The van der Waals surface area contributed by atoms with Crippen molar-refractivity contribution < 1.29 is 9.59 Å². The van der Waals surface area contributed by atoms with E-state index in [0.717, 1.165) is 12.0 Å². The van der Waals surface area contributed by atoms with Gasteiger partial charge in [0.1, 0.15) is 0 Å². The SMILES string of the molecule is CC(C)CCNC(=O)NC(=O)CN[C@@H](C)c1ccc(Cl)cc1. The summed E-state index contributed by atoms with van der Waals surface area (Å²) in [6.07, 6.45) is 0.882. The third kappa shape index (κ3) is 7.43. The van der Waals surface area contributed by atoms with Crippen LogP contribution in [-0.2, 0) is 4.79 Å². The van der Waals surface area contributed by atoms with Crippen LogP contribution in [0.5, 0.6) is 0 Å². The molecule has 0 aliphatic heterocycles. The first-order chi connectivity index (χ1) is 10.4. The van der Waals surface area contributed by atoms with Gasteiger partial charge in [0.05, 0.1) is 6.54 Å². The molecular weight excluding hydrogens is 302 g/mol. The Bertz CT molecular complexity index is 489. The number of hydrogen-bond donors (Lipinski definition) is 3. The van der Waals surface area contributed by atoms with Crippen molar-refractivity contribution in [1.29, 1.82) is 0 Å². The van der Waals surface area contributed by atoms with Crippen LogP contribution < -0.4 is 16.0 Å². The van der Waals surface area contributed by atoms with Gasteiger partial charge in [-0.25, -0.2) is 4.79 Å². The third-order valence-corrected chi connectivity index (χ3v) is 3.45. The number of halogens is 1. The second kappa shape index (κ2) is 9.43. The van der Waals surface area contributed by atoms with Crippen LogP contribution in [0.4, 0.5) is 4.79 Å². The molecule has 0 fully saturated rings. The number of rotatable bonds is 7. The minimum atomic E-state index is -0.452. The predicted molar refractivity (Wildman–Crippen MR) is 88.9 cm³/mol. The van der Waals surface area contributed by atoms with Crippen LogP contribution in [0.2, 0.25) is 5.02 Å². The Hall–Kier alpha value is -1.59. The lowest BCUT2D eigenvalue weighted by molar-refractivity contribution is -0.119. The van der Waals surface area contributed by atoms with Crippen LogP contribution in [0.1, 0.15) is 38.8 Å². The minimum absolute atomic E-state index is 0.00739. The average Bonchev–Trinajstić information content (AvgIpc) is 2.45. The average molecular weight is 326 g/mol. The first-order valence-electron chi connectivity index (χ1n) is 7.45. The molecule has 1 aromatic rings. The monoisotopic (exact) mass is 325 g/mol. The zero-order valence-electron chi connectivity index (χ0n) is 13.3. The summed E-state index contributed by atoms with van der Waals surface area (Å²) < 4.78 is 0. The maximum absolute atomic E-state index is 11.7. The maximum atomic E-state index is 11.7. The zero-order valence-corrected chi connectivity index (χ0v) is 14.0. The van der Waals surface area contributed by atoms with E-state index in [1.54, 1.807) is 12.1 Å². The molecule has 5 nitrogen and oxygen atoms in total. The zero-order chi connectivity index (χ0) is 16.5. The molecule has 0 saturated carbocycles. The minimum Gasteiger partial charge on any atom is -0.338 e. The van der Waals surface area contributed by atoms with Crippen molar-refractivity contribution in [2.45, 2.75) is 33.2 Å². The molecule has 22 heavy (non-hydrogen) atoms. The molecular formula is C16H24ClN3O2. The van der Waals surface area contributed by atoms with E-state index in [1.165, 1.54) is 0 Å². The first kappa shape index (κ1) is 18.5. The third-order valence-electron chi connectivity index (χ3n) is 3.20. The van der Waals surface area contributed by atoms with Crippen molar-refractivity contribution in [3.8, 4) is 0 Å². The van der Waals surface area contributed by atoms with E-state index < -0.39 is 6.03 Å². The van der Waals surface area contributed by atoms with Crippen molar-refractivity contribution >= 4 is 23.5 Å². The fraction of sp³-hybridized carbons (Fsp3) is 0.500. The maximum Gasteiger partial charge on any atom is 0.321 e. The molecule has 3 amide bonds. The van der Waals surface area contributed by atoms with E-state index in [4.69, 9.17) is 11.6 Å². The topological polar surface area (TPSA) is 70.2 Å². The van der Waals surface area contributed by atoms with Crippen LogP contribution in [0, 0.1) is 5.92 Å². The smallest absolute Gasteiger partial charge is 0.321 e. The number of amides is 3. The Morgan fingerprint density at radius 3 is 2.36 bits per heavy atom. The van der Waals surface area contributed by atoms with Gasteiger partial charge in [-0.2, -0.15) is 0 Å². The number of benzene rings is 1. The molecule has 0 unspecified atom stereocenters. The number of carbonyl (C=O) groups excluding carboxylic acids is 2. The lowest BCUT2D eigenvalue weighted by atomic mass is 10.1. The van der Waals surface area contributed by atoms with Gasteiger partial charge < -0.3 is 10.6 Å². The first-order valence-corrected chi connectivity index (χ1v) is 7.82. The number of nitrogens with one attached hydrogen (secondary N) is 3. The highest BCUT2D eigenvalue weighted by Gasteiger charge is 2.10. The molecule has 1 rings (SSSR count). The van der Waals surface area contributed by atoms with Crippen LogP contribution >= 0.6 is 11.6 Å². The summed E-state index contributed by atoms with van der Waals surface area (Å²) >= 11 is 5.83. The lowest BCUT2D eigenvalue weighted by Gasteiger charge is -2.14. The van der Waals surface area contributed by atoms with Gasteiger partial charge in [0.2, 0.25) is 5.91 Å². The molecule has 0 bridgehead atoms. The number of imide groups is 1. The second-order valence-electron chi connectivity index (χ2n) is 5.64. The van der Waals surface area contributed by atoms with E-state index in [-0.39, 0.29) is 18.5 Å². The number of urea groups is 1. The highest BCUT2D eigenvalue weighted by Crippen LogP contribution is 2.15. The van der Waals surface area contributed by atoms with Crippen molar-refractivity contribution in [3.05, 3.63) is 34.9 Å². The summed E-state index contributed by atoms with van der Waals surface area (Å²) in [6.45, 7) is 6.73. The molecule has 1 atom stereocenters. The van der Waals surface area contributed by atoms with Gasteiger partial charge in [-0.1, -0.05) is 37.6 Å². The molecule has 0 aliphatic rings. The Kier molecular flexibility index (Phi) is 7.91. The van der Waals surface area contributed by atoms with E-state index in [2.05, 4.69) is 29.8 Å². The predicted octanol–water partition coefficient (Wildman–Crippen LogP) is 2.86. The Balaban J connectivity index is 2.27. The molecule has 6 heteroatoms. The van der Waals surface area contributed by atoms with Gasteiger partial charge in [0, 0.05) is 17.6 Å². The molecule has 0 aromatic heterocycles. The molecule has 0 radical (unpaired) electrons. The standard InChI is InChI=1S/C16H24ClN3O2/c1-11(2)8-9-18-16(22)20-15(21)10-19-12(3)13-4-6-14(17)7-5-13/h4-7,11-12,19H,8-10H2,1-3H3,(H2,18,20,21,22)/t12-/m0/s1. The molecule has 1 aromatic carbocycles. The quantitative estimate of drug-likeness (QED) is 0.722. The van der Waals surface area contributed by atoms with E-state index in [1.807, 2.05) is 19.1 Å². The molecule has 0 aliphatic carbocycles. The van der Waals surface area contributed by atoms with Crippen molar-refractivity contribution in [2.75, 3.05) is 13.1 Å². The Morgan fingerprint density at radius 1 is 1.14 bits per heavy atom. The van der Waals surface area contributed by atoms with Gasteiger partial charge in [-0.3, -0.25) is 10.1 Å². The lowest BCUT2D eigenvalue weighted by Crippen LogP contribution is -2.44. The molecule has 0 heterocycles. The van der Waals surface area contributed by atoms with Crippen molar-refractivity contribution in [3.63, 3.8) is 0 Å². The van der Waals surface area contributed by atoms with Crippen LogP contribution in [0.15, 0.2) is 24.3 Å². The fourth-order valence-corrected chi connectivity index (χ4v) is 1.93. The highest BCUT2D eigenvalue weighted by atomic mass is 35.5. The van der Waals surface area contributed by atoms with Crippen LogP contribution in [0.3, 0.4) is 0 Å². The summed E-state index contributed by atoms with van der Waals surface area (Å²) in [4.78, 5) is 23.2. The van der Waals surface area contributed by atoms with E-state index >= 15 is 0 Å². The molecule has 0 spiro atoms. The normalized spacial score (nSPS) is 12.0. The van der Waals surface area contributed by atoms with Crippen LogP contribution in [-0.4, -0.2) is 25.0 Å². The van der Waals surface area contributed by atoms with Crippen LogP contribution in [0.25, 0.3) is 0 Å². The van der Waals surface area contributed by atoms with Crippen molar-refractivity contribution in [2.24, 2.45) is 5.92 Å². The summed E-state index contributed by atoms with van der Waals surface area (Å²) in [5.41, 5.74) is 1.03. The number of hydrogen-bond acceptors (Lipinski definition) is 3. The van der Waals surface area contributed by atoms with Crippen molar-refractivity contribution in [1.82, 2.24) is 16.0 Å². The molecule has 122 valence electrons. The van der Waals surface area contributed by atoms with E-state index in [0.29, 0.717) is 17.5 Å². The molecule has 3 N–H and O–H groups in total. The summed E-state index contributed by atoms with van der Waals surface area (Å²) in [7, 11) is 0. The Labute approximate surface area is 136 Å². The summed E-state index contributed by atoms with van der Waals surface area (Å²) in [5, 5.41) is 8.69. The highest BCUT2D eigenvalue weighted by molar-refractivity contribution is 6.30. The largest absolute Gasteiger partial charge is 0.338 e. The summed E-state index contributed by atoms with van der Waals surface area (Å²) in [6, 6.07) is 6.94.